The molecule has 102 valence electrons. The Morgan fingerprint density at radius 3 is 2.70 bits per heavy atom. The van der Waals surface area contributed by atoms with Crippen LogP contribution in [0.25, 0.3) is 0 Å². The van der Waals surface area contributed by atoms with Crippen molar-refractivity contribution in [2.24, 2.45) is 0 Å². The number of ether oxygens (including phenoxy) is 1. The van der Waals surface area contributed by atoms with Crippen molar-refractivity contribution < 1.29 is 14.2 Å². The first-order chi connectivity index (χ1) is 9.65. The zero-order valence-corrected chi connectivity index (χ0v) is 11.2. The van der Waals surface area contributed by atoms with Crippen molar-refractivity contribution in [3.8, 4) is 11.8 Å². The number of halogens is 2. The molecule has 0 aromatic heterocycles. The Balaban J connectivity index is 2.19. The first kappa shape index (κ1) is 14.3. The molecule has 2 aromatic carbocycles. The molecule has 0 heterocycles. The minimum atomic E-state index is -0.540. The van der Waals surface area contributed by atoms with Crippen LogP contribution in [-0.4, -0.2) is 5.11 Å². The lowest BCUT2D eigenvalue weighted by atomic mass is 10.1. The van der Waals surface area contributed by atoms with E-state index in [2.05, 4.69) is 0 Å². The standard InChI is InChI=1S/C15H11ClFNO2/c16-13-6-10(7-18)4-5-12(13)9-20-15-11(8-19)2-1-3-14(15)17/h1-6,19H,8-9H2. The highest BCUT2D eigenvalue weighted by molar-refractivity contribution is 6.31. The fourth-order valence-electron chi connectivity index (χ4n) is 1.72. The average Bonchev–Trinajstić information content (AvgIpc) is 2.46. The smallest absolute Gasteiger partial charge is 0.165 e. The van der Waals surface area contributed by atoms with E-state index in [1.54, 1.807) is 18.2 Å². The van der Waals surface area contributed by atoms with Gasteiger partial charge in [0.25, 0.3) is 0 Å². The van der Waals surface area contributed by atoms with Crippen LogP contribution in [0, 0.1) is 17.1 Å². The zero-order chi connectivity index (χ0) is 14.5. The van der Waals surface area contributed by atoms with Crippen LogP contribution in [0.15, 0.2) is 36.4 Å². The zero-order valence-electron chi connectivity index (χ0n) is 10.4. The van der Waals surface area contributed by atoms with Crippen LogP contribution in [-0.2, 0) is 13.2 Å². The predicted octanol–water partition coefficient (Wildman–Crippen LogP) is 3.42. The Hall–Kier alpha value is -2.09. The Kier molecular flexibility index (Phi) is 4.57. The number of nitrogens with zero attached hydrogens (tertiary/aromatic N) is 1. The van der Waals surface area contributed by atoms with Crippen molar-refractivity contribution in [2.75, 3.05) is 0 Å². The van der Waals surface area contributed by atoms with Crippen molar-refractivity contribution in [2.45, 2.75) is 13.2 Å². The lowest BCUT2D eigenvalue weighted by Crippen LogP contribution is -2.02. The number of para-hydroxylation sites is 1. The number of aliphatic hydroxyl groups is 1. The molecule has 0 aliphatic heterocycles. The summed E-state index contributed by atoms with van der Waals surface area (Å²) in [7, 11) is 0. The van der Waals surface area contributed by atoms with Crippen molar-refractivity contribution >= 4 is 11.6 Å². The van der Waals surface area contributed by atoms with Crippen LogP contribution in [0.1, 0.15) is 16.7 Å². The van der Waals surface area contributed by atoms with Crippen LogP contribution in [0.5, 0.6) is 5.75 Å². The lowest BCUT2D eigenvalue weighted by Gasteiger charge is -2.12. The number of rotatable bonds is 4. The summed E-state index contributed by atoms with van der Waals surface area (Å²) in [6.07, 6.45) is 0. The molecule has 0 aliphatic carbocycles. The predicted molar refractivity (Wildman–Crippen MR) is 72.8 cm³/mol. The van der Waals surface area contributed by atoms with Crippen LogP contribution in [0.3, 0.4) is 0 Å². The van der Waals surface area contributed by atoms with Gasteiger partial charge in [0.2, 0.25) is 0 Å². The average molecular weight is 292 g/mol. The van der Waals surface area contributed by atoms with E-state index in [1.807, 2.05) is 6.07 Å². The van der Waals surface area contributed by atoms with Crippen molar-refractivity contribution in [1.29, 1.82) is 5.26 Å². The SMILES string of the molecule is N#Cc1ccc(COc2c(F)cccc2CO)c(Cl)c1. The van der Waals surface area contributed by atoms with E-state index in [9.17, 15) is 4.39 Å². The number of nitriles is 1. The molecule has 0 saturated carbocycles. The minimum Gasteiger partial charge on any atom is -0.485 e. The fraction of sp³-hybridized carbons (Fsp3) is 0.133. The molecule has 2 rings (SSSR count). The molecule has 20 heavy (non-hydrogen) atoms. The van der Waals surface area contributed by atoms with Gasteiger partial charge in [-0.2, -0.15) is 5.26 Å². The van der Waals surface area contributed by atoms with Gasteiger partial charge in [-0.15, -0.1) is 0 Å². The number of hydrogen-bond acceptors (Lipinski definition) is 3. The van der Waals surface area contributed by atoms with Gasteiger partial charge in [0, 0.05) is 16.1 Å². The Morgan fingerprint density at radius 2 is 2.05 bits per heavy atom. The molecule has 0 radical (unpaired) electrons. The van der Waals surface area contributed by atoms with Gasteiger partial charge in [-0.05, 0) is 18.2 Å². The van der Waals surface area contributed by atoms with Crippen LogP contribution < -0.4 is 4.74 Å². The van der Waals surface area contributed by atoms with Crippen LogP contribution >= 0.6 is 11.6 Å². The summed E-state index contributed by atoms with van der Waals surface area (Å²) >= 11 is 6.01. The Morgan fingerprint density at radius 1 is 1.25 bits per heavy atom. The normalized spacial score (nSPS) is 10.1. The summed E-state index contributed by atoms with van der Waals surface area (Å²) in [6.45, 7) is -0.257. The highest BCUT2D eigenvalue weighted by Crippen LogP contribution is 2.25. The Bertz CT molecular complexity index is 667. The van der Waals surface area contributed by atoms with Gasteiger partial charge in [-0.25, -0.2) is 4.39 Å². The summed E-state index contributed by atoms with van der Waals surface area (Å²) in [5, 5.41) is 18.3. The maximum Gasteiger partial charge on any atom is 0.165 e. The fourth-order valence-corrected chi connectivity index (χ4v) is 1.96. The summed E-state index contributed by atoms with van der Waals surface area (Å²) in [5.74, 6) is -0.531. The largest absolute Gasteiger partial charge is 0.485 e. The second-order valence-electron chi connectivity index (χ2n) is 4.09. The van der Waals surface area contributed by atoms with E-state index in [4.69, 9.17) is 26.7 Å². The van der Waals surface area contributed by atoms with Crippen LogP contribution in [0.4, 0.5) is 4.39 Å². The van der Waals surface area contributed by atoms with E-state index < -0.39 is 5.82 Å². The molecular formula is C15H11ClFNO2. The van der Waals surface area contributed by atoms with Gasteiger partial charge in [0.05, 0.1) is 18.2 Å². The molecule has 0 saturated heterocycles. The number of benzene rings is 2. The van der Waals surface area contributed by atoms with Gasteiger partial charge in [-0.3, -0.25) is 0 Å². The first-order valence-corrected chi connectivity index (χ1v) is 6.23. The molecule has 3 nitrogen and oxygen atoms in total. The van der Waals surface area contributed by atoms with Gasteiger partial charge < -0.3 is 9.84 Å². The van der Waals surface area contributed by atoms with E-state index in [0.717, 1.165) is 0 Å². The second-order valence-corrected chi connectivity index (χ2v) is 4.50. The molecular weight excluding hydrogens is 281 g/mol. The molecule has 0 aliphatic rings. The van der Waals surface area contributed by atoms with Gasteiger partial charge in [-0.1, -0.05) is 29.8 Å². The highest BCUT2D eigenvalue weighted by Gasteiger charge is 2.10. The molecule has 0 atom stereocenters. The molecule has 2 aromatic rings. The van der Waals surface area contributed by atoms with E-state index >= 15 is 0 Å². The summed E-state index contributed by atoms with van der Waals surface area (Å²) in [6, 6.07) is 11.1. The minimum absolute atomic E-state index is 0.00965. The lowest BCUT2D eigenvalue weighted by molar-refractivity contribution is 0.251. The van der Waals surface area contributed by atoms with Crippen molar-refractivity contribution in [1.82, 2.24) is 0 Å². The molecule has 0 unspecified atom stereocenters. The highest BCUT2D eigenvalue weighted by atomic mass is 35.5. The molecule has 0 spiro atoms. The summed E-state index contributed by atoms with van der Waals surface area (Å²) < 4.78 is 19.0. The van der Waals surface area contributed by atoms with Crippen LogP contribution in [0.2, 0.25) is 5.02 Å². The topological polar surface area (TPSA) is 53.2 Å². The summed E-state index contributed by atoms with van der Waals surface area (Å²) in [5.41, 5.74) is 1.45. The molecule has 5 heteroatoms. The van der Waals surface area contributed by atoms with Crippen molar-refractivity contribution in [3.05, 3.63) is 63.9 Å². The van der Waals surface area contributed by atoms with Crippen molar-refractivity contribution in [3.63, 3.8) is 0 Å². The quantitative estimate of drug-likeness (QED) is 0.939. The van der Waals surface area contributed by atoms with E-state index in [-0.39, 0.29) is 19.0 Å². The maximum atomic E-state index is 13.6. The monoisotopic (exact) mass is 291 g/mol. The molecule has 0 fully saturated rings. The molecule has 1 N–H and O–H groups in total. The maximum absolute atomic E-state index is 13.6. The number of aliphatic hydroxyl groups excluding tert-OH is 1. The second kappa shape index (κ2) is 6.38. The van der Waals surface area contributed by atoms with Gasteiger partial charge in [0.1, 0.15) is 6.61 Å². The number of hydrogen-bond donors (Lipinski definition) is 1. The van der Waals surface area contributed by atoms with Gasteiger partial charge in [0.15, 0.2) is 11.6 Å². The van der Waals surface area contributed by atoms with Gasteiger partial charge >= 0.3 is 0 Å². The van der Waals surface area contributed by atoms with E-state index in [0.29, 0.717) is 21.7 Å². The molecule has 0 bridgehead atoms. The third kappa shape index (κ3) is 3.08. The first-order valence-electron chi connectivity index (χ1n) is 5.85. The third-order valence-electron chi connectivity index (χ3n) is 2.77. The summed E-state index contributed by atoms with van der Waals surface area (Å²) in [4.78, 5) is 0. The molecule has 0 amide bonds. The third-order valence-corrected chi connectivity index (χ3v) is 3.12. The van der Waals surface area contributed by atoms with E-state index in [1.165, 1.54) is 18.2 Å². The Labute approximate surface area is 120 Å².